The van der Waals surface area contributed by atoms with Gasteiger partial charge < -0.3 is 28.4 Å². The molecule has 6 nitrogen and oxygen atoms in total. The number of hydrogen-bond donors (Lipinski definition) is 0. The zero-order valence-corrected chi connectivity index (χ0v) is 20.0. The molecule has 0 amide bonds. The molecule has 0 unspecified atom stereocenters. The molecule has 1 fully saturated rings. The van der Waals surface area contributed by atoms with Crippen LogP contribution >= 0.6 is 11.8 Å². The van der Waals surface area contributed by atoms with Crippen molar-refractivity contribution in [2.24, 2.45) is 0 Å². The predicted octanol–water partition coefficient (Wildman–Crippen LogP) is 5.82. The number of hydrogen-bond acceptors (Lipinski definition) is 7. The van der Waals surface area contributed by atoms with E-state index in [1.165, 1.54) is 0 Å². The van der Waals surface area contributed by atoms with Crippen LogP contribution in [0.2, 0.25) is 0 Å². The van der Waals surface area contributed by atoms with Gasteiger partial charge in [0.25, 0.3) is 0 Å². The quantitative estimate of drug-likeness (QED) is 0.424. The monoisotopic (exact) mass is 448 g/mol. The third-order valence-electron chi connectivity index (χ3n) is 5.38. The van der Waals surface area contributed by atoms with Crippen molar-refractivity contribution in [2.75, 3.05) is 41.3 Å². The summed E-state index contributed by atoms with van der Waals surface area (Å²) in [7, 11) is 6.53. The molecular formula is C24H32O6S. The summed E-state index contributed by atoms with van der Waals surface area (Å²) in [5.41, 5.74) is 2.11. The van der Waals surface area contributed by atoms with E-state index in [1.54, 1.807) is 40.2 Å². The molecule has 1 saturated heterocycles. The normalized spacial score (nSPS) is 18.0. The van der Waals surface area contributed by atoms with Crippen LogP contribution in [-0.2, 0) is 4.74 Å². The van der Waals surface area contributed by atoms with E-state index in [4.69, 9.17) is 28.4 Å². The molecule has 2 aromatic rings. The maximum Gasteiger partial charge on any atom is 0.203 e. The van der Waals surface area contributed by atoms with Crippen molar-refractivity contribution in [2.45, 2.75) is 43.3 Å². The molecule has 2 atom stereocenters. The lowest BCUT2D eigenvalue weighted by atomic mass is 10.0. The fourth-order valence-electron chi connectivity index (χ4n) is 3.85. The summed E-state index contributed by atoms with van der Waals surface area (Å²) in [6, 6.07) is 8.11. The molecule has 0 saturated carbocycles. The lowest BCUT2D eigenvalue weighted by Gasteiger charge is -2.20. The average Bonchev–Trinajstić information content (AvgIpc) is 3.31. The Bertz CT molecular complexity index is 834. The fraction of sp³-hybridized carbons (Fsp3) is 0.500. The zero-order valence-electron chi connectivity index (χ0n) is 19.2. The third kappa shape index (κ3) is 4.99. The second-order valence-electron chi connectivity index (χ2n) is 7.25. The van der Waals surface area contributed by atoms with Gasteiger partial charge in [-0.1, -0.05) is 6.92 Å². The number of benzene rings is 2. The summed E-state index contributed by atoms with van der Waals surface area (Å²) in [6.45, 7) is 2.75. The minimum absolute atomic E-state index is 0.0240. The molecule has 0 radical (unpaired) electrons. The van der Waals surface area contributed by atoms with Crippen LogP contribution in [0, 0.1) is 0 Å². The van der Waals surface area contributed by atoms with Crippen LogP contribution in [0.15, 0.2) is 29.2 Å². The van der Waals surface area contributed by atoms with Crippen LogP contribution in [0.3, 0.4) is 0 Å². The van der Waals surface area contributed by atoms with Crippen molar-refractivity contribution >= 4 is 11.8 Å². The Balaban J connectivity index is 1.87. The fourth-order valence-corrected chi connectivity index (χ4v) is 4.45. The van der Waals surface area contributed by atoms with Gasteiger partial charge in [0.05, 0.1) is 52.1 Å². The first kappa shape index (κ1) is 23.4. The lowest BCUT2D eigenvalue weighted by Crippen LogP contribution is -2.04. The second kappa shape index (κ2) is 10.9. The molecule has 1 heterocycles. The number of rotatable bonds is 10. The molecule has 0 N–H and O–H groups in total. The summed E-state index contributed by atoms with van der Waals surface area (Å²) in [6.07, 6.45) is 4.72. The van der Waals surface area contributed by atoms with Crippen molar-refractivity contribution in [3.63, 3.8) is 0 Å². The van der Waals surface area contributed by atoms with Gasteiger partial charge in [-0.25, -0.2) is 0 Å². The minimum Gasteiger partial charge on any atom is -0.493 e. The molecule has 0 bridgehead atoms. The Morgan fingerprint density at radius 1 is 0.806 bits per heavy atom. The summed E-state index contributed by atoms with van der Waals surface area (Å²) >= 11 is 1.65. The highest BCUT2D eigenvalue weighted by molar-refractivity contribution is 7.98. The SMILES string of the molecule is CCCOc1c(OC)cc([C@@H]2CC[C@@H](c3cc(OC)c(OC)c(OC)c3)O2)cc1SC. The Labute approximate surface area is 189 Å². The van der Waals surface area contributed by atoms with Crippen molar-refractivity contribution < 1.29 is 28.4 Å². The Kier molecular flexibility index (Phi) is 8.21. The highest BCUT2D eigenvalue weighted by Gasteiger charge is 2.30. The van der Waals surface area contributed by atoms with E-state index in [2.05, 4.69) is 13.0 Å². The Morgan fingerprint density at radius 2 is 1.32 bits per heavy atom. The van der Waals surface area contributed by atoms with Gasteiger partial charge in [-0.3, -0.25) is 0 Å². The van der Waals surface area contributed by atoms with Crippen LogP contribution in [0.1, 0.15) is 49.5 Å². The van der Waals surface area contributed by atoms with Gasteiger partial charge in [0.15, 0.2) is 23.0 Å². The molecule has 0 aromatic heterocycles. The van der Waals surface area contributed by atoms with Gasteiger partial charge in [-0.2, -0.15) is 0 Å². The number of ether oxygens (including phenoxy) is 6. The molecular weight excluding hydrogens is 416 g/mol. The van der Waals surface area contributed by atoms with Crippen LogP contribution < -0.4 is 23.7 Å². The van der Waals surface area contributed by atoms with Crippen molar-refractivity contribution in [1.29, 1.82) is 0 Å². The van der Waals surface area contributed by atoms with E-state index in [1.807, 2.05) is 24.5 Å². The van der Waals surface area contributed by atoms with E-state index in [9.17, 15) is 0 Å². The van der Waals surface area contributed by atoms with E-state index < -0.39 is 0 Å². The summed E-state index contributed by atoms with van der Waals surface area (Å²) in [5.74, 6) is 3.40. The number of methoxy groups -OCH3 is 4. The Hall–Kier alpha value is -2.25. The van der Waals surface area contributed by atoms with E-state index >= 15 is 0 Å². The first-order chi connectivity index (χ1) is 15.1. The molecule has 1 aliphatic rings. The van der Waals surface area contributed by atoms with Gasteiger partial charge in [-0.05, 0) is 60.9 Å². The van der Waals surface area contributed by atoms with Gasteiger partial charge in [0.2, 0.25) is 5.75 Å². The maximum atomic E-state index is 6.47. The van der Waals surface area contributed by atoms with Crippen molar-refractivity contribution in [1.82, 2.24) is 0 Å². The molecule has 2 aromatic carbocycles. The Morgan fingerprint density at radius 3 is 1.77 bits per heavy atom. The van der Waals surface area contributed by atoms with Crippen molar-refractivity contribution in [3.05, 3.63) is 35.4 Å². The molecule has 1 aliphatic heterocycles. The van der Waals surface area contributed by atoms with Crippen LogP contribution in [0.4, 0.5) is 0 Å². The smallest absolute Gasteiger partial charge is 0.203 e. The van der Waals surface area contributed by atoms with E-state index in [-0.39, 0.29) is 12.2 Å². The summed E-state index contributed by atoms with van der Waals surface area (Å²) in [4.78, 5) is 1.06. The molecule has 7 heteroatoms. The molecule has 0 spiro atoms. The first-order valence-corrected chi connectivity index (χ1v) is 11.7. The molecule has 31 heavy (non-hydrogen) atoms. The van der Waals surface area contributed by atoms with Crippen LogP contribution in [0.25, 0.3) is 0 Å². The largest absolute Gasteiger partial charge is 0.493 e. The molecule has 170 valence electrons. The molecule has 3 rings (SSSR count). The van der Waals surface area contributed by atoms with Gasteiger partial charge in [0.1, 0.15) is 0 Å². The zero-order chi connectivity index (χ0) is 22.4. The maximum absolute atomic E-state index is 6.47. The molecule has 0 aliphatic carbocycles. The minimum atomic E-state index is -0.0570. The van der Waals surface area contributed by atoms with Gasteiger partial charge in [0, 0.05) is 0 Å². The van der Waals surface area contributed by atoms with Crippen molar-refractivity contribution in [3.8, 4) is 28.7 Å². The predicted molar refractivity (Wildman–Crippen MR) is 122 cm³/mol. The third-order valence-corrected chi connectivity index (χ3v) is 6.13. The topological polar surface area (TPSA) is 55.4 Å². The van der Waals surface area contributed by atoms with Crippen LogP contribution in [-0.4, -0.2) is 41.3 Å². The summed E-state index contributed by atoms with van der Waals surface area (Å²) in [5, 5.41) is 0. The van der Waals surface area contributed by atoms with Gasteiger partial charge in [-0.15, -0.1) is 11.8 Å². The highest BCUT2D eigenvalue weighted by atomic mass is 32.2. The number of thioether (sulfide) groups is 1. The average molecular weight is 449 g/mol. The van der Waals surface area contributed by atoms with E-state index in [0.29, 0.717) is 23.9 Å². The van der Waals surface area contributed by atoms with Gasteiger partial charge >= 0.3 is 0 Å². The van der Waals surface area contributed by atoms with E-state index in [0.717, 1.165) is 46.8 Å². The standard InChI is InChI=1S/C24H32O6S/c1-7-10-29-24-21(27-4)13-16(14-22(24)31-6)18-9-8-17(30-18)15-11-19(25-2)23(28-5)20(12-15)26-3/h11-14,17-18H,7-10H2,1-6H3/t17-,18-/m0/s1. The second-order valence-corrected chi connectivity index (χ2v) is 8.10. The lowest BCUT2D eigenvalue weighted by molar-refractivity contribution is 0.0435. The first-order valence-electron chi connectivity index (χ1n) is 10.4. The summed E-state index contributed by atoms with van der Waals surface area (Å²) < 4.78 is 34.5. The highest BCUT2D eigenvalue weighted by Crippen LogP contribution is 2.48. The van der Waals surface area contributed by atoms with Crippen LogP contribution in [0.5, 0.6) is 28.7 Å².